The van der Waals surface area contributed by atoms with Crippen molar-refractivity contribution in [1.82, 2.24) is 9.78 Å². The lowest BCUT2D eigenvalue weighted by molar-refractivity contribution is -0.137. The summed E-state index contributed by atoms with van der Waals surface area (Å²) in [5, 5.41) is 2.75. The van der Waals surface area contributed by atoms with Crippen LogP contribution < -0.4 is 0 Å². The summed E-state index contributed by atoms with van der Waals surface area (Å²) in [6, 6.07) is 1.41. The van der Waals surface area contributed by atoms with Gasteiger partial charge in [-0.15, -0.1) is 0 Å². The number of halogens is 8. The molecule has 0 amide bonds. The maximum absolute atomic E-state index is 12.8. The molecule has 1 atom stereocenters. The highest BCUT2D eigenvalue weighted by molar-refractivity contribution is 8.00. The van der Waals surface area contributed by atoms with E-state index in [1.54, 1.807) is 0 Å². The average molecular weight is 421 g/mol. The lowest BCUT2D eigenvalue weighted by Gasteiger charge is -2.13. The van der Waals surface area contributed by atoms with Crippen molar-refractivity contribution in [3.05, 3.63) is 45.2 Å². The van der Waals surface area contributed by atoms with Gasteiger partial charge in [0, 0.05) is 17.0 Å². The van der Waals surface area contributed by atoms with Crippen LogP contribution in [0.25, 0.3) is 5.69 Å². The monoisotopic (exact) mass is 420 g/mol. The Balaban J connectivity index is 1.99. The van der Waals surface area contributed by atoms with E-state index in [1.165, 1.54) is 6.20 Å². The van der Waals surface area contributed by atoms with E-state index in [0.29, 0.717) is 29.8 Å². The van der Waals surface area contributed by atoms with Gasteiger partial charge in [-0.1, -0.05) is 23.2 Å². The van der Waals surface area contributed by atoms with Crippen LogP contribution in [0.2, 0.25) is 10.0 Å². The van der Waals surface area contributed by atoms with Gasteiger partial charge in [-0.2, -0.15) is 31.4 Å². The molecule has 0 aliphatic heterocycles. The Morgan fingerprint density at radius 3 is 2.20 bits per heavy atom. The topological polar surface area (TPSA) is 17.8 Å². The average Bonchev–Trinajstić information content (AvgIpc) is 2.98. The Morgan fingerprint density at radius 2 is 1.68 bits per heavy atom. The molecule has 3 rings (SSSR count). The molecule has 0 spiro atoms. The fraction of sp³-hybridized carbons (Fsp3) is 0.357. The number of benzene rings is 1. The lowest BCUT2D eigenvalue weighted by atomic mass is 10.2. The van der Waals surface area contributed by atoms with Gasteiger partial charge >= 0.3 is 11.7 Å². The van der Waals surface area contributed by atoms with Crippen LogP contribution >= 0.6 is 35.0 Å². The molecule has 25 heavy (non-hydrogen) atoms. The zero-order valence-corrected chi connectivity index (χ0v) is 14.4. The van der Waals surface area contributed by atoms with E-state index in [9.17, 15) is 26.3 Å². The molecule has 2 nitrogen and oxygen atoms in total. The number of nitrogens with zero attached hydrogens (tertiary/aromatic N) is 2. The molecule has 0 radical (unpaired) electrons. The molecule has 1 heterocycles. The highest BCUT2D eigenvalue weighted by Gasteiger charge is 2.38. The van der Waals surface area contributed by atoms with Crippen LogP contribution in [-0.2, 0) is 12.6 Å². The molecule has 0 saturated carbocycles. The Labute approximate surface area is 152 Å². The van der Waals surface area contributed by atoms with E-state index in [4.69, 9.17) is 23.2 Å². The number of aryl methyl sites for hydroxylation is 1. The summed E-state index contributed by atoms with van der Waals surface area (Å²) in [4.78, 5) is 0. The number of thioether (sulfide) groups is 1. The summed E-state index contributed by atoms with van der Waals surface area (Å²) >= 11 is 11.7. The first-order chi connectivity index (χ1) is 11.5. The number of aromatic nitrogens is 2. The molecular formula is C14H8Cl2F6N2S. The molecule has 0 saturated heterocycles. The molecule has 1 aromatic heterocycles. The third kappa shape index (κ3) is 3.88. The summed E-state index contributed by atoms with van der Waals surface area (Å²) in [5.74, 6) is 0. The first-order valence-electron chi connectivity index (χ1n) is 6.85. The van der Waals surface area contributed by atoms with Crippen molar-refractivity contribution in [2.24, 2.45) is 0 Å². The van der Waals surface area contributed by atoms with Crippen molar-refractivity contribution in [3.63, 3.8) is 0 Å². The molecule has 1 aliphatic carbocycles. The van der Waals surface area contributed by atoms with Crippen LogP contribution in [-0.4, -0.2) is 15.3 Å². The zero-order valence-electron chi connectivity index (χ0n) is 12.1. The second-order valence-corrected chi connectivity index (χ2v) is 7.43. The largest absolute Gasteiger partial charge is 0.442 e. The molecule has 0 N–H and O–H groups in total. The van der Waals surface area contributed by atoms with Gasteiger partial charge in [-0.05, 0) is 36.7 Å². The van der Waals surface area contributed by atoms with Crippen molar-refractivity contribution in [1.29, 1.82) is 0 Å². The number of hydrogen-bond acceptors (Lipinski definition) is 2. The number of rotatable bonds is 2. The van der Waals surface area contributed by atoms with Gasteiger partial charge in [0.25, 0.3) is 0 Å². The van der Waals surface area contributed by atoms with Crippen molar-refractivity contribution < 1.29 is 26.3 Å². The summed E-state index contributed by atoms with van der Waals surface area (Å²) < 4.78 is 77.3. The fourth-order valence-corrected chi connectivity index (χ4v) is 4.20. The predicted octanol–water partition coefficient (Wildman–Crippen LogP) is 6.44. The van der Waals surface area contributed by atoms with Crippen molar-refractivity contribution in [2.75, 3.05) is 0 Å². The minimum Gasteiger partial charge on any atom is -0.237 e. The Bertz CT molecular complexity index is 792. The number of alkyl halides is 6. The molecular weight excluding hydrogens is 413 g/mol. The highest BCUT2D eigenvalue weighted by Crippen LogP contribution is 2.49. The highest BCUT2D eigenvalue weighted by atomic mass is 35.5. The minimum atomic E-state index is -4.62. The van der Waals surface area contributed by atoms with Gasteiger partial charge in [-0.3, -0.25) is 0 Å². The maximum atomic E-state index is 12.8. The van der Waals surface area contributed by atoms with Gasteiger partial charge < -0.3 is 0 Å². The van der Waals surface area contributed by atoms with Crippen molar-refractivity contribution >= 4 is 35.0 Å². The molecule has 1 aliphatic rings. The molecule has 2 aromatic rings. The fourth-order valence-electron chi connectivity index (χ4n) is 2.66. The SMILES string of the molecule is FC(F)(F)SC1CCc2nn(-c3c(Cl)cc(C(F)(F)F)cc3Cl)cc21. The first kappa shape index (κ1) is 18.7. The van der Waals surface area contributed by atoms with Crippen LogP contribution in [0.1, 0.15) is 28.5 Å². The Hall–Kier alpha value is -1.06. The van der Waals surface area contributed by atoms with Gasteiger partial charge in [0.2, 0.25) is 0 Å². The molecule has 0 bridgehead atoms. The molecule has 0 fully saturated rings. The molecule has 1 unspecified atom stereocenters. The van der Waals surface area contributed by atoms with E-state index >= 15 is 0 Å². The Kier molecular flexibility index (Phi) is 4.70. The normalized spacial score (nSPS) is 17.8. The third-order valence-electron chi connectivity index (χ3n) is 3.66. The standard InChI is InChI=1S/C14H8Cl2F6N2S/c15-8-3-6(13(17,18)19)4-9(16)12(8)24-5-7-10(23-24)1-2-11(7)25-14(20,21)22/h3-5,11H,1-2H2. The van der Waals surface area contributed by atoms with Crippen molar-refractivity contribution in [2.45, 2.75) is 29.8 Å². The third-order valence-corrected chi connectivity index (χ3v) is 5.28. The molecule has 11 heteroatoms. The summed E-state index contributed by atoms with van der Waals surface area (Å²) in [7, 11) is 0. The van der Waals surface area contributed by atoms with Gasteiger partial charge in [-0.25, -0.2) is 4.68 Å². The maximum Gasteiger partial charge on any atom is 0.442 e. The smallest absolute Gasteiger partial charge is 0.237 e. The molecule has 1 aromatic carbocycles. The number of hydrogen-bond donors (Lipinski definition) is 0. The van der Waals surface area contributed by atoms with E-state index in [0.717, 1.165) is 4.68 Å². The summed E-state index contributed by atoms with van der Waals surface area (Å²) in [6.07, 6.45) is -2.65. The van der Waals surface area contributed by atoms with Crippen LogP contribution in [0.5, 0.6) is 0 Å². The second-order valence-electron chi connectivity index (χ2n) is 5.35. The zero-order chi connectivity index (χ0) is 18.6. The van der Waals surface area contributed by atoms with Gasteiger partial charge in [0.05, 0.1) is 21.3 Å². The van der Waals surface area contributed by atoms with E-state index in [1.807, 2.05) is 0 Å². The van der Waals surface area contributed by atoms with Gasteiger partial charge in [0.1, 0.15) is 5.69 Å². The lowest BCUT2D eigenvalue weighted by Crippen LogP contribution is -2.07. The summed E-state index contributed by atoms with van der Waals surface area (Å²) in [6.45, 7) is 0. The van der Waals surface area contributed by atoms with Crippen LogP contribution in [0, 0.1) is 0 Å². The van der Waals surface area contributed by atoms with Gasteiger partial charge in [0.15, 0.2) is 0 Å². The minimum absolute atomic E-state index is 0.00138. The predicted molar refractivity (Wildman–Crippen MR) is 83.3 cm³/mol. The van der Waals surface area contributed by atoms with E-state index in [-0.39, 0.29) is 33.9 Å². The summed E-state index contributed by atoms with van der Waals surface area (Å²) in [5.41, 5.74) is -4.57. The molecule has 136 valence electrons. The van der Waals surface area contributed by atoms with E-state index in [2.05, 4.69) is 5.10 Å². The van der Waals surface area contributed by atoms with Crippen molar-refractivity contribution in [3.8, 4) is 5.69 Å². The Morgan fingerprint density at radius 1 is 1.08 bits per heavy atom. The van der Waals surface area contributed by atoms with Crippen LogP contribution in [0.3, 0.4) is 0 Å². The van der Waals surface area contributed by atoms with E-state index < -0.39 is 22.5 Å². The quantitative estimate of drug-likeness (QED) is 0.520. The second kappa shape index (κ2) is 6.28. The first-order valence-corrected chi connectivity index (χ1v) is 8.49. The van der Waals surface area contributed by atoms with Crippen LogP contribution in [0.15, 0.2) is 18.3 Å². The number of fused-ring (bicyclic) bond motifs is 1. The van der Waals surface area contributed by atoms with Crippen LogP contribution in [0.4, 0.5) is 26.3 Å².